The van der Waals surface area contributed by atoms with Gasteiger partial charge in [0.2, 0.25) is 0 Å². The number of ether oxygens (including phenoxy) is 2. The predicted octanol–water partition coefficient (Wildman–Crippen LogP) is 3.16. The van der Waals surface area contributed by atoms with E-state index in [0.717, 1.165) is 18.7 Å². The largest absolute Gasteiger partial charge is 0.484 e. The molecule has 1 aromatic carbocycles. The van der Waals surface area contributed by atoms with Crippen LogP contribution in [0.1, 0.15) is 44.9 Å². The average molecular weight is 399 g/mol. The Balaban J connectivity index is 1.62. The Hall–Kier alpha value is -2.74. The number of nitrogens with zero attached hydrogens (tertiary/aromatic N) is 3. The van der Waals surface area contributed by atoms with E-state index in [1.165, 1.54) is 18.5 Å². The molecule has 154 valence electrons. The molecule has 1 aliphatic carbocycles. The van der Waals surface area contributed by atoms with Crippen molar-refractivity contribution in [3.05, 3.63) is 41.6 Å². The van der Waals surface area contributed by atoms with Gasteiger partial charge in [-0.3, -0.25) is 5.41 Å². The zero-order chi connectivity index (χ0) is 20.8. The van der Waals surface area contributed by atoms with Crippen molar-refractivity contribution in [3.63, 3.8) is 0 Å². The molecule has 0 bridgehead atoms. The molecule has 0 amide bonds. The lowest BCUT2D eigenvalue weighted by Gasteiger charge is -2.36. The van der Waals surface area contributed by atoms with Crippen LogP contribution in [-0.2, 0) is 4.74 Å². The van der Waals surface area contributed by atoms with Gasteiger partial charge in [0.1, 0.15) is 17.7 Å². The van der Waals surface area contributed by atoms with Crippen molar-refractivity contribution in [1.82, 2.24) is 9.97 Å². The molecule has 3 N–H and O–H groups in total. The van der Waals surface area contributed by atoms with E-state index >= 15 is 0 Å². The SMILES string of the molecule is C[C@@H]1CN(c2cc(C(=N)c3cc(OC4(C)CC4)c(F)cc3N)ncn2)C[C@H](C)O1. The van der Waals surface area contributed by atoms with Gasteiger partial charge in [-0.15, -0.1) is 0 Å². The van der Waals surface area contributed by atoms with Gasteiger partial charge in [-0.1, -0.05) is 0 Å². The minimum Gasteiger partial charge on any atom is -0.484 e. The Morgan fingerprint density at radius 1 is 1.24 bits per heavy atom. The first-order chi connectivity index (χ1) is 13.7. The third kappa shape index (κ3) is 4.17. The summed E-state index contributed by atoms with van der Waals surface area (Å²) < 4.78 is 25.9. The van der Waals surface area contributed by atoms with Crippen molar-refractivity contribution >= 4 is 17.2 Å². The van der Waals surface area contributed by atoms with Crippen LogP contribution in [0.5, 0.6) is 5.75 Å². The number of hydrogen-bond donors (Lipinski definition) is 2. The minimum absolute atomic E-state index is 0.0906. The number of nitrogens with two attached hydrogens (primary N) is 1. The highest BCUT2D eigenvalue weighted by Gasteiger charge is 2.40. The number of benzene rings is 1. The van der Waals surface area contributed by atoms with E-state index in [0.29, 0.717) is 24.3 Å². The smallest absolute Gasteiger partial charge is 0.167 e. The van der Waals surface area contributed by atoms with E-state index in [-0.39, 0.29) is 35.0 Å². The maximum absolute atomic E-state index is 14.3. The predicted molar refractivity (Wildman–Crippen MR) is 109 cm³/mol. The summed E-state index contributed by atoms with van der Waals surface area (Å²) in [6.07, 6.45) is 3.39. The number of anilines is 2. The third-order valence-electron chi connectivity index (χ3n) is 5.34. The van der Waals surface area contributed by atoms with Crippen LogP contribution < -0.4 is 15.4 Å². The fraction of sp³-hybridized carbons (Fsp3) is 0.476. The molecule has 2 fully saturated rings. The lowest BCUT2D eigenvalue weighted by Crippen LogP contribution is -2.45. The van der Waals surface area contributed by atoms with Gasteiger partial charge < -0.3 is 20.1 Å². The van der Waals surface area contributed by atoms with E-state index in [9.17, 15) is 4.39 Å². The molecule has 2 aliphatic rings. The summed E-state index contributed by atoms with van der Waals surface area (Å²) in [4.78, 5) is 10.7. The molecule has 8 heteroatoms. The maximum Gasteiger partial charge on any atom is 0.167 e. The Labute approximate surface area is 169 Å². The highest BCUT2D eigenvalue weighted by atomic mass is 19.1. The van der Waals surface area contributed by atoms with Crippen LogP contribution >= 0.6 is 0 Å². The third-order valence-corrected chi connectivity index (χ3v) is 5.34. The molecular weight excluding hydrogens is 373 g/mol. The van der Waals surface area contributed by atoms with Gasteiger partial charge in [0, 0.05) is 36.5 Å². The molecule has 2 atom stereocenters. The zero-order valence-corrected chi connectivity index (χ0v) is 16.9. The molecule has 4 rings (SSSR count). The first kappa shape index (κ1) is 19.6. The number of nitrogens with one attached hydrogen (secondary N) is 1. The molecule has 1 aromatic heterocycles. The minimum atomic E-state index is -0.521. The highest BCUT2D eigenvalue weighted by Crippen LogP contribution is 2.41. The number of nitrogen functional groups attached to an aromatic ring is 1. The van der Waals surface area contributed by atoms with Crippen LogP contribution in [-0.4, -0.2) is 46.6 Å². The first-order valence-corrected chi connectivity index (χ1v) is 9.84. The molecule has 1 saturated carbocycles. The Kier molecular flexibility index (Phi) is 4.90. The zero-order valence-electron chi connectivity index (χ0n) is 16.9. The fourth-order valence-corrected chi connectivity index (χ4v) is 3.57. The van der Waals surface area contributed by atoms with E-state index in [2.05, 4.69) is 14.9 Å². The summed E-state index contributed by atoms with van der Waals surface area (Å²) in [7, 11) is 0. The summed E-state index contributed by atoms with van der Waals surface area (Å²) in [5, 5.41) is 8.62. The molecule has 29 heavy (non-hydrogen) atoms. The fourth-order valence-electron chi connectivity index (χ4n) is 3.57. The second-order valence-corrected chi connectivity index (χ2v) is 8.22. The molecule has 2 heterocycles. The number of morpholine rings is 1. The highest BCUT2D eigenvalue weighted by molar-refractivity contribution is 6.13. The van der Waals surface area contributed by atoms with E-state index < -0.39 is 5.82 Å². The topological polar surface area (TPSA) is 97.4 Å². The molecule has 0 spiro atoms. The Bertz CT molecular complexity index is 937. The lowest BCUT2D eigenvalue weighted by molar-refractivity contribution is -0.00546. The average Bonchev–Trinajstić information content (AvgIpc) is 3.40. The normalized spacial score (nSPS) is 23.0. The van der Waals surface area contributed by atoms with Gasteiger partial charge in [0.15, 0.2) is 11.6 Å². The van der Waals surface area contributed by atoms with Gasteiger partial charge >= 0.3 is 0 Å². The van der Waals surface area contributed by atoms with Crippen molar-refractivity contribution in [2.75, 3.05) is 23.7 Å². The second kappa shape index (κ2) is 7.26. The van der Waals surface area contributed by atoms with E-state index in [1.54, 1.807) is 6.07 Å². The van der Waals surface area contributed by atoms with Gasteiger partial charge in [-0.2, -0.15) is 0 Å². The van der Waals surface area contributed by atoms with Crippen LogP contribution in [0.15, 0.2) is 24.5 Å². The summed E-state index contributed by atoms with van der Waals surface area (Å²) >= 11 is 0. The number of halogens is 1. The molecule has 1 saturated heterocycles. The molecule has 0 unspecified atom stereocenters. The van der Waals surface area contributed by atoms with Crippen LogP contribution in [0.4, 0.5) is 15.9 Å². The van der Waals surface area contributed by atoms with Gasteiger partial charge in [-0.05, 0) is 39.7 Å². The molecule has 0 radical (unpaired) electrons. The lowest BCUT2D eigenvalue weighted by atomic mass is 10.0. The van der Waals surface area contributed by atoms with Crippen LogP contribution in [0.3, 0.4) is 0 Å². The number of hydrogen-bond acceptors (Lipinski definition) is 7. The van der Waals surface area contributed by atoms with Crippen molar-refractivity contribution < 1.29 is 13.9 Å². The molecule has 2 aromatic rings. The van der Waals surface area contributed by atoms with Crippen molar-refractivity contribution in [2.45, 2.75) is 51.4 Å². The molecule has 7 nitrogen and oxygen atoms in total. The summed E-state index contributed by atoms with van der Waals surface area (Å²) in [5.74, 6) is 0.320. The van der Waals surface area contributed by atoms with Crippen LogP contribution in [0, 0.1) is 11.2 Å². The van der Waals surface area contributed by atoms with Crippen molar-refractivity contribution in [2.24, 2.45) is 0 Å². The number of aromatic nitrogens is 2. The second-order valence-electron chi connectivity index (χ2n) is 8.22. The van der Waals surface area contributed by atoms with Crippen LogP contribution in [0.25, 0.3) is 0 Å². The van der Waals surface area contributed by atoms with Gasteiger partial charge in [-0.25, -0.2) is 14.4 Å². The summed E-state index contributed by atoms with van der Waals surface area (Å²) in [6.45, 7) is 7.41. The summed E-state index contributed by atoms with van der Waals surface area (Å²) in [5.41, 5.74) is 6.77. The monoisotopic (exact) mass is 399 g/mol. The van der Waals surface area contributed by atoms with Crippen molar-refractivity contribution in [3.8, 4) is 5.75 Å². The summed E-state index contributed by atoms with van der Waals surface area (Å²) in [6, 6.07) is 4.47. The standard InChI is InChI=1S/C21H26FN5O2/c1-12-9-27(10-13(2)28-12)19-8-17(25-11-26-19)20(24)14-6-18(15(22)7-16(14)23)29-21(3)4-5-21/h6-8,11-13,24H,4-5,9-10,23H2,1-3H3/t12-,13+. The molecule has 1 aliphatic heterocycles. The van der Waals surface area contributed by atoms with E-state index in [1.807, 2.05) is 20.8 Å². The quantitative estimate of drug-likeness (QED) is 0.592. The first-order valence-electron chi connectivity index (χ1n) is 9.84. The van der Waals surface area contributed by atoms with Crippen LogP contribution in [0.2, 0.25) is 0 Å². The van der Waals surface area contributed by atoms with Gasteiger partial charge in [0.25, 0.3) is 0 Å². The Morgan fingerprint density at radius 3 is 2.59 bits per heavy atom. The maximum atomic E-state index is 14.3. The van der Waals surface area contributed by atoms with E-state index in [4.69, 9.17) is 20.6 Å². The molecular formula is C21H26FN5O2. The van der Waals surface area contributed by atoms with Crippen molar-refractivity contribution in [1.29, 1.82) is 5.41 Å². The number of rotatable bonds is 5. The van der Waals surface area contributed by atoms with Gasteiger partial charge in [0.05, 0.1) is 23.6 Å². The Morgan fingerprint density at radius 2 is 1.93 bits per heavy atom.